The number of carbonyl (C=O) groups is 1. The molecule has 0 heterocycles. The summed E-state index contributed by atoms with van der Waals surface area (Å²) in [5.74, 6) is -0.153. The number of rotatable bonds is 5. The average Bonchev–Trinajstić information content (AvgIpc) is 2.25. The van der Waals surface area contributed by atoms with Gasteiger partial charge >= 0.3 is 0 Å². The fraction of sp³-hybridized carbons (Fsp3) is 0.615. The average molecular weight is 223 g/mol. The molecule has 3 nitrogen and oxygen atoms in total. The molecule has 16 heavy (non-hydrogen) atoms. The number of nitrogens with zero attached hydrogens (tertiary/aromatic N) is 1. The molecule has 0 aromatic carbocycles. The van der Waals surface area contributed by atoms with Crippen molar-refractivity contribution in [1.29, 1.82) is 0 Å². The molecule has 1 aliphatic rings. The summed E-state index contributed by atoms with van der Waals surface area (Å²) in [5.41, 5.74) is 0.719. The lowest BCUT2D eigenvalue weighted by molar-refractivity contribution is -0.121. The number of hydrogen-bond acceptors (Lipinski definition) is 3. The van der Waals surface area contributed by atoms with Crippen LogP contribution in [0, 0.1) is 0 Å². The number of ketones is 1. The third-order valence-corrected chi connectivity index (χ3v) is 2.60. The summed E-state index contributed by atoms with van der Waals surface area (Å²) in [6, 6.07) is 0. The summed E-state index contributed by atoms with van der Waals surface area (Å²) in [4.78, 5) is 13.8. The van der Waals surface area contributed by atoms with Crippen molar-refractivity contribution in [2.24, 2.45) is 0 Å². The van der Waals surface area contributed by atoms with E-state index >= 15 is 0 Å². The van der Waals surface area contributed by atoms with Gasteiger partial charge in [-0.25, -0.2) is 0 Å². The molecule has 0 aromatic heterocycles. The second-order valence-electron chi connectivity index (χ2n) is 4.13. The number of carbonyl (C=O) groups excluding carboxylic acids is 1. The van der Waals surface area contributed by atoms with Crippen LogP contribution < -0.4 is 0 Å². The third kappa shape index (κ3) is 3.49. The summed E-state index contributed by atoms with van der Waals surface area (Å²) in [6.45, 7) is 6.17. The van der Waals surface area contributed by atoms with Gasteiger partial charge in [0.15, 0.2) is 5.78 Å². The molecular formula is C13H21NO2. The highest BCUT2D eigenvalue weighted by atomic mass is 16.3. The van der Waals surface area contributed by atoms with Gasteiger partial charge in [-0.05, 0) is 19.3 Å². The number of aliphatic hydroxyl groups excluding tert-OH is 1. The molecule has 1 N–H and O–H groups in total. The molecule has 3 heteroatoms. The van der Waals surface area contributed by atoms with E-state index in [-0.39, 0.29) is 5.78 Å². The second kappa shape index (κ2) is 6.48. The fourth-order valence-electron chi connectivity index (χ4n) is 1.85. The Morgan fingerprint density at radius 2 is 2.06 bits per heavy atom. The Kier molecular flexibility index (Phi) is 5.26. The van der Waals surface area contributed by atoms with Gasteiger partial charge in [0.2, 0.25) is 0 Å². The van der Waals surface area contributed by atoms with Crippen molar-refractivity contribution < 1.29 is 9.90 Å². The molecule has 1 atom stereocenters. The highest BCUT2D eigenvalue weighted by Gasteiger charge is 2.20. The van der Waals surface area contributed by atoms with Crippen molar-refractivity contribution in [2.45, 2.75) is 39.2 Å². The maximum atomic E-state index is 11.7. The summed E-state index contributed by atoms with van der Waals surface area (Å²) in [6.07, 6.45) is 7.16. The third-order valence-electron chi connectivity index (χ3n) is 2.60. The zero-order valence-electron chi connectivity index (χ0n) is 10.1. The van der Waals surface area contributed by atoms with Crippen LogP contribution in [0.15, 0.2) is 23.9 Å². The van der Waals surface area contributed by atoms with E-state index in [0.717, 1.165) is 31.5 Å². The number of aliphatic hydroxyl groups is 1. The van der Waals surface area contributed by atoms with Gasteiger partial charge in [-0.2, -0.15) is 0 Å². The van der Waals surface area contributed by atoms with E-state index in [2.05, 4.69) is 18.7 Å². The van der Waals surface area contributed by atoms with Crippen LogP contribution in [0.25, 0.3) is 0 Å². The van der Waals surface area contributed by atoms with Crippen LogP contribution in [0.1, 0.15) is 33.1 Å². The molecule has 1 unspecified atom stereocenters. The van der Waals surface area contributed by atoms with E-state index in [4.69, 9.17) is 0 Å². The predicted octanol–water partition coefficient (Wildman–Crippen LogP) is 1.88. The topological polar surface area (TPSA) is 40.5 Å². The van der Waals surface area contributed by atoms with E-state index in [1.54, 1.807) is 6.08 Å². The Morgan fingerprint density at radius 3 is 2.62 bits per heavy atom. The maximum absolute atomic E-state index is 11.7. The number of hydrogen-bond donors (Lipinski definition) is 1. The van der Waals surface area contributed by atoms with Crippen LogP contribution in [0.5, 0.6) is 0 Å². The first kappa shape index (κ1) is 13.0. The van der Waals surface area contributed by atoms with Crippen molar-refractivity contribution in [3.63, 3.8) is 0 Å². The van der Waals surface area contributed by atoms with Gasteiger partial charge in [-0.1, -0.05) is 26.0 Å². The minimum atomic E-state index is -0.940. The molecule has 0 aliphatic heterocycles. The van der Waals surface area contributed by atoms with Gasteiger partial charge in [0.25, 0.3) is 0 Å². The van der Waals surface area contributed by atoms with Gasteiger partial charge in [0.05, 0.1) is 0 Å². The Morgan fingerprint density at radius 1 is 1.44 bits per heavy atom. The highest BCUT2D eigenvalue weighted by Crippen LogP contribution is 2.15. The molecule has 0 radical (unpaired) electrons. The Bertz CT molecular complexity index is 288. The van der Waals surface area contributed by atoms with Crippen LogP contribution >= 0.6 is 0 Å². The van der Waals surface area contributed by atoms with Crippen molar-refractivity contribution >= 4 is 5.78 Å². The molecule has 0 aromatic rings. The highest BCUT2D eigenvalue weighted by molar-refractivity contribution is 6.00. The van der Waals surface area contributed by atoms with Crippen molar-refractivity contribution in [1.82, 2.24) is 4.90 Å². The molecule has 0 saturated heterocycles. The van der Waals surface area contributed by atoms with E-state index in [1.807, 2.05) is 12.3 Å². The quantitative estimate of drug-likeness (QED) is 0.571. The minimum Gasteiger partial charge on any atom is -0.381 e. The Hall–Kier alpha value is -1.09. The lowest BCUT2D eigenvalue weighted by atomic mass is 9.98. The molecule has 1 aliphatic carbocycles. The van der Waals surface area contributed by atoms with Gasteiger partial charge in [-0.15, -0.1) is 0 Å². The normalized spacial score (nSPS) is 22.8. The molecule has 90 valence electrons. The van der Waals surface area contributed by atoms with Crippen molar-refractivity contribution in [3.05, 3.63) is 23.9 Å². The first-order valence-electron chi connectivity index (χ1n) is 6.02. The van der Waals surface area contributed by atoms with Gasteiger partial charge in [0.1, 0.15) is 6.10 Å². The van der Waals surface area contributed by atoms with Gasteiger partial charge < -0.3 is 10.0 Å². The molecule has 0 fully saturated rings. The summed E-state index contributed by atoms with van der Waals surface area (Å²) < 4.78 is 0. The second-order valence-corrected chi connectivity index (χ2v) is 4.13. The van der Waals surface area contributed by atoms with Crippen LogP contribution in [-0.2, 0) is 4.79 Å². The van der Waals surface area contributed by atoms with Crippen LogP contribution in [0.2, 0.25) is 0 Å². The van der Waals surface area contributed by atoms with Crippen LogP contribution in [0.4, 0.5) is 0 Å². The smallest absolute Gasteiger partial charge is 0.192 e. The van der Waals surface area contributed by atoms with E-state index in [9.17, 15) is 9.90 Å². The minimum absolute atomic E-state index is 0.153. The molecule has 0 amide bonds. The van der Waals surface area contributed by atoms with Gasteiger partial charge in [-0.3, -0.25) is 4.79 Å². The van der Waals surface area contributed by atoms with Gasteiger partial charge in [0, 0.05) is 24.9 Å². The first-order chi connectivity index (χ1) is 7.69. The zero-order valence-corrected chi connectivity index (χ0v) is 10.1. The lowest BCUT2D eigenvalue weighted by Crippen LogP contribution is -2.26. The summed E-state index contributed by atoms with van der Waals surface area (Å²) in [5, 5.41) is 9.43. The predicted molar refractivity (Wildman–Crippen MR) is 65.0 cm³/mol. The van der Waals surface area contributed by atoms with E-state index in [1.165, 1.54) is 0 Å². The lowest BCUT2D eigenvalue weighted by Gasteiger charge is -2.22. The number of allylic oxidation sites excluding steroid dienone is 1. The molecule has 0 saturated carbocycles. The van der Waals surface area contributed by atoms with Crippen LogP contribution in [-0.4, -0.2) is 35.0 Å². The molecule has 0 bridgehead atoms. The zero-order chi connectivity index (χ0) is 12.0. The molecule has 0 spiro atoms. The van der Waals surface area contributed by atoms with E-state index in [0.29, 0.717) is 6.42 Å². The maximum Gasteiger partial charge on any atom is 0.192 e. The van der Waals surface area contributed by atoms with E-state index < -0.39 is 6.10 Å². The Labute approximate surface area is 97.4 Å². The van der Waals surface area contributed by atoms with Crippen LogP contribution in [0.3, 0.4) is 0 Å². The SMILES string of the molecule is CCCN(C=C1CC=CC(O)C1=O)CCC. The number of Topliss-reactive ketones (excluding diaryl/α,β-unsaturated/α-hetero) is 1. The fourth-order valence-corrected chi connectivity index (χ4v) is 1.85. The van der Waals surface area contributed by atoms with Crippen molar-refractivity contribution in [3.8, 4) is 0 Å². The summed E-state index contributed by atoms with van der Waals surface area (Å²) in [7, 11) is 0. The Balaban J connectivity index is 2.72. The monoisotopic (exact) mass is 223 g/mol. The largest absolute Gasteiger partial charge is 0.381 e. The first-order valence-corrected chi connectivity index (χ1v) is 6.02. The molecule has 1 rings (SSSR count). The standard InChI is InChI=1S/C13H21NO2/c1-3-8-14(9-4-2)10-11-6-5-7-12(15)13(11)16/h5,7,10,12,15H,3-4,6,8-9H2,1-2H3. The van der Waals surface area contributed by atoms with Crippen molar-refractivity contribution in [2.75, 3.05) is 13.1 Å². The summed E-state index contributed by atoms with van der Waals surface area (Å²) >= 11 is 0. The molecular weight excluding hydrogens is 202 g/mol.